The Bertz CT molecular complexity index is 1210. The molecule has 3 rings (SSSR count). The maximum atomic E-state index is 13.0. The van der Waals surface area contributed by atoms with Crippen LogP contribution in [-0.4, -0.2) is 19.2 Å². The van der Waals surface area contributed by atoms with Crippen molar-refractivity contribution in [1.82, 2.24) is 0 Å². The highest BCUT2D eigenvalue weighted by Gasteiger charge is 2.13. The zero-order valence-electron chi connectivity index (χ0n) is 15.4. The zero-order chi connectivity index (χ0) is 21.7. The number of hydrogen-bond acceptors (Lipinski definition) is 5. The number of nitrogens with zero attached hydrogens (tertiary/aromatic N) is 1. The van der Waals surface area contributed by atoms with E-state index in [1.54, 1.807) is 36.4 Å². The SMILES string of the molecule is O=C(/C=C(\c1ccccc1)c1ccc([N+](=O)[O-])cc1)Nc1ccc(S(=O)(=O)F)cc1. The van der Waals surface area contributed by atoms with Crippen molar-refractivity contribution < 1.29 is 22.0 Å². The van der Waals surface area contributed by atoms with Gasteiger partial charge in [-0.25, -0.2) is 0 Å². The van der Waals surface area contributed by atoms with E-state index >= 15 is 0 Å². The molecule has 30 heavy (non-hydrogen) atoms. The van der Waals surface area contributed by atoms with Crippen LogP contribution in [0, 0.1) is 10.1 Å². The van der Waals surface area contributed by atoms with Gasteiger partial charge in [-0.3, -0.25) is 14.9 Å². The molecule has 0 saturated heterocycles. The molecule has 0 aliphatic carbocycles. The maximum Gasteiger partial charge on any atom is 0.332 e. The Morgan fingerprint density at radius 3 is 2.00 bits per heavy atom. The molecule has 152 valence electrons. The molecule has 0 atom stereocenters. The molecule has 0 saturated carbocycles. The summed E-state index contributed by atoms with van der Waals surface area (Å²) >= 11 is 0. The molecule has 1 amide bonds. The number of amides is 1. The molecule has 0 bridgehead atoms. The monoisotopic (exact) mass is 426 g/mol. The zero-order valence-corrected chi connectivity index (χ0v) is 16.2. The van der Waals surface area contributed by atoms with E-state index in [1.165, 1.54) is 30.3 Å². The first-order valence-electron chi connectivity index (χ1n) is 8.62. The summed E-state index contributed by atoms with van der Waals surface area (Å²) in [4.78, 5) is 22.4. The minimum atomic E-state index is -4.82. The molecule has 0 aromatic heterocycles. The largest absolute Gasteiger partial charge is 0.332 e. The average molecular weight is 426 g/mol. The molecule has 1 N–H and O–H groups in total. The Balaban J connectivity index is 1.91. The number of hydrogen-bond donors (Lipinski definition) is 1. The standard InChI is InChI=1S/C21H15FN2O5S/c22-30(28,29)19-12-8-17(9-13-19)23-21(25)14-20(15-4-2-1-3-5-15)16-6-10-18(11-7-16)24(26)27/h1-14H,(H,23,25)/b20-14+. The fourth-order valence-electron chi connectivity index (χ4n) is 2.72. The molecule has 3 aromatic rings. The number of rotatable bonds is 6. The Hall–Kier alpha value is -3.85. The lowest BCUT2D eigenvalue weighted by Gasteiger charge is -2.09. The van der Waals surface area contributed by atoms with Crippen molar-refractivity contribution in [1.29, 1.82) is 0 Å². The highest BCUT2D eigenvalue weighted by Crippen LogP contribution is 2.25. The van der Waals surface area contributed by atoms with E-state index in [0.717, 1.165) is 17.7 Å². The fourth-order valence-corrected chi connectivity index (χ4v) is 3.19. The summed E-state index contributed by atoms with van der Waals surface area (Å²) in [7, 11) is -4.82. The third-order valence-corrected chi connectivity index (χ3v) is 4.99. The van der Waals surface area contributed by atoms with Crippen molar-refractivity contribution >= 4 is 33.1 Å². The van der Waals surface area contributed by atoms with Crippen molar-refractivity contribution in [3.63, 3.8) is 0 Å². The van der Waals surface area contributed by atoms with Crippen LogP contribution >= 0.6 is 0 Å². The van der Waals surface area contributed by atoms with Gasteiger partial charge in [0.2, 0.25) is 5.91 Å². The number of nitro benzene ring substituents is 1. The second kappa shape index (κ2) is 8.66. The van der Waals surface area contributed by atoms with E-state index in [9.17, 15) is 27.2 Å². The summed E-state index contributed by atoms with van der Waals surface area (Å²) in [5.41, 5.74) is 2.06. The van der Waals surface area contributed by atoms with Gasteiger partial charge in [0.25, 0.3) is 5.69 Å². The third-order valence-electron chi connectivity index (χ3n) is 4.15. The Morgan fingerprint density at radius 1 is 0.900 bits per heavy atom. The van der Waals surface area contributed by atoms with Gasteiger partial charge in [0.05, 0.1) is 9.82 Å². The molecule has 0 radical (unpaired) electrons. The Labute approximate surface area is 171 Å². The molecule has 0 unspecified atom stereocenters. The number of halogens is 1. The summed E-state index contributed by atoms with van der Waals surface area (Å²) in [6, 6.07) is 19.4. The van der Waals surface area contributed by atoms with E-state index in [4.69, 9.17) is 0 Å². The van der Waals surface area contributed by atoms with Gasteiger partial charge in [0, 0.05) is 23.9 Å². The lowest BCUT2D eigenvalue weighted by atomic mass is 9.97. The Morgan fingerprint density at radius 2 is 1.47 bits per heavy atom. The van der Waals surface area contributed by atoms with Crippen molar-refractivity contribution in [3.05, 3.63) is 106 Å². The van der Waals surface area contributed by atoms with Gasteiger partial charge in [-0.05, 0) is 53.1 Å². The predicted octanol–water partition coefficient (Wildman–Crippen LogP) is 4.32. The van der Waals surface area contributed by atoms with Crippen LogP contribution in [0.4, 0.5) is 15.3 Å². The molecular weight excluding hydrogens is 411 g/mol. The lowest BCUT2D eigenvalue weighted by molar-refractivity contribution is -0.384. The van der Waals surface area contributed by atoms with E-state index in [0.29, 0.717) is 11.1 Å². The van der Waals surface area contributed by atoms with E-state index in [-0.39, 0.29) is 11.4 Å². The van der Waals surface area contributed by atoms with Gasteiger partial charge in [-0.2, -0.15) is 8.42 Å². The van der Waals surface area contributed by atoms with E-state index < -0.39 is 25.9 Å². The van der Waals surface area contributed by atoms with Crippen molar-refractivity contribution in [2.24, 2.45) is 0 Å². The predicted molar refractivity (Wildman–Crippen MR) is 110 cm³/mol. The quantitative estimate of drug-likeness (QED) is 0.273. The van der Waals surface area contributed by atoms with Crippen LogP contribution in [0.1, 0.15) is 11.1 Å². The fraction of sp³-hybridized carbons (Fsp3) is 0. The number of nitro groups is 1. The van der Waals surface area contributed by atoms with Crippen LogP contribution in [0.15, 0.2) is 89.8 Å². The molecule has 3 aromatic carbocycles. The summed E-state index contributed by atoms with van der Waals surface area (Å²) in [6.07, 6.45) is 1.33. The number of nitrogens with one attached hydrogen (secondary N) is 1. The van der Waals surface area contributed by atoms with Gasteiger partial charge < -0.3 is 5.32 Å². The highest BCUT2D eigenvalue weighted by atomic mass is 32.3. The molecule has 0 fully saturated rings. The number of anilines is 1. The molecular formula is C21H15FN2O5S. The van der Waals surface area contributed by atoms with Crippen LogP contribution in [-0.2, 0) is 15.0 Å². The molecule has 0 spiro atoms. The van der Waals surface area contributed by atoms with Crippen LogP contribution in [0.5, 0.6) is 0 Å². The van der Waals surface area contributed by atoms with Gasteiger partial charge in [0.1, 0.15) is 0 Å². The van der Waals surface area contributed by atoms with Crippen molar-refractivity contribution in [2.45, 2.75) is 4.90 Å². The first kappa shape index (κ1) is 20.9. The Kier molecular flexibility index (Phi) is 6.03. The second-order valence-electron chi connectivity index (χ2n) is 6.18. The number of non-ortho nitro benzene ring substituents is 1. The van der Waals surface area contributed by atoms with Crippen LogP contribution in [0.2, 0.25) is 0 Å². The topological polar surface area (TPSA) is 106 Å². The first-order valence-corrected chi connectivity index (χ1v) is 10.00. The van der Waals surface area contributed by atoms with Crippen LogP contribution in [0.25, 0.3) is 5.57 Å². The minimum absolute atomic E-state index is 0.0708. The summed E-state index contributed by atoms with van der Waals surface area (Å²) in [5.74, 6) is -0.511. The van der Waals surface area contributed by atoms with E-state index in [2.05, 4.69) is 5.32 Å². The molecule has 9 heteroatoms. The van der Waals surface area contributed by atoms with Gasteiger partial charge >= 0.3 is 10.2 Å². The maximum absolute atomic E-state index is 13.0. The number of carbonyl (C=O) groups excluding carboxylic acids is 1. The van der Waals surface area contributed by atoms with Gasteiger partial charge in [0.15, 0.2) is 0 Å². The average Bonchev–Trinajstić information content (AvgIpc) is 2.72. The summed E-state index contributed by atoms with van der Waals surface area (Å²) in [5, 5.41) is 13.5. The highest BCUT2D eigenvalue weighted by molar-refractivity contribution is 7.86. The number of carbonyl (C=O) groups is 1. The minimum Gasteiger partial charge on any atom is -0.322 e. The molecule has 0 aliphatic rings. The van der Waals surface area contributed by atoms with E-state index in [1.807, 2.05) is 6.07 Å². The lowest BCUT2D eigenvalue weighted by Crippen LogP contribution is -2.09. The van der Waals surface area contributed by atoms with Crippen LogP contribution < -0.4 is 5.32 Å². The van der Waals surface area contributed by atoms with Crippen molar-refractivity contribution in [2.75, 3.05) is 5.32 Å². The molecule has 7 nitrogen and oxygen atoms in total. The molecule has 0 aliphatic heterocycles. The second-order valence-corrected chi connectivity index (χ2v) is 7.53. The van der Waals surface area contributed by atoms with Gasteiger partial charge in [-0.1, -0.05) is 30.3 Å². The normalized spacial score (nSPS) is 11.7. The van der Waals surface area contributed by atoms with Gasteiger partial charge in [-0.15, -0.1) is 3.89 Å². The first-order chi connectivity index (χ1) is 14.2. The van der Waals surface area contributed by atoms with Crippen LogP contribution in [0.3, 0.4) is 0 Å². The third kappa shape index (κ3) is 5.15. The van der Waals surface area contributed by atoms with Crippen molar-refractivity contribution in [3.8, 4) is 0 Å². The summed E-state index contributed by atoms with van der Waals surface area (Å²) in [6.45, 7) is 0. The molecule has 0 heterocycles. The number of benzene rings is 3. The smallest absolute Gasteiger partial charge is 0.322 e. The summed E-state index contributed by atoms with van der Waals surface area (Å²) < 4.78 is 34.7.